The third-order valence-corrected chi connectivity index (χ3v) is 5.20. The first-order chi connectivity index (χ1) is 10.0. The molecule has 0 aromatic carbocycles. The molecule has 1 saturated carbocycles. The van der Waals surface area contributed by atoms with E-state index in [4.69, 9.17) is 0 Å². The Hall–Kier alpha value is -1.43. The molecule has 1 N–H and O–H groups in total. The highest BCUT2D eigenvalue weighted by atomic mass is 16.3. The summed E-state index contributed by atoms with van der Waals surface area (Å²) in [5.74, 6) is 0.172. The van der Waals surface area contributed by atoms with Gasteiger partial charge in [-0.3, -0.25) is 4.79 Å². The molecule has 1 aliphatic carbocycles. The van der Waals surface area contributed by atoms with E-state index in [1.807, 2.05) is 11.8 Å². The van der Waals surface area contributed by atoms with E-state index in [1.165, 1.54) is 10.9 Å². The summed E-state index contributed by atoms with van der Waals surface area (Å²) >= 11 is 0. The fourth-order valence-corrected chi connectivity index (χ4v) is 4.04. The molecule has 1 saturated heterocycles. The van der Waals surface area contributed by atoms with Gasteiger partial charge in [-0.15, -0.1) is 5.10 Å². The molecule has 0 spiro atoms. The molecule has 116 valence electrons. The van der Waals surface area contributed by atoms with Crippen LogP contribution in [-0.2, 0) is 7.05 Å². The number of amides is 1. The van der Waals surface area contributed by atoms with Gasteiger partial charge in [0, 0.05) is 25.6 Å². The number of rotatable bonds is 2. The second kappa shape index (κ2) is 5.40. The van der Waals surface area contributed by atoms with Crippen LogP contribution in [-0.4, -0.2) is 49.1 Å². The minimum atomic E-state index is -0.656. The second-order valence-electron chi connectivity index (χ2n) is 6.66. The van der Waals surface area contributed by atoms with Crippen LogP contribution in [0.4, 0.5) is 0 Å². The van der Waals surface area contributed by atoms with Crippen molar-refractivity contribution < 1.29 is 9.90 Å². The maximum atomic E-state index is 12.7. The summed E-state index contributed by atoms with van der Waals surface area (Å²) in [7, 11) is 1.74. The van der Waals surface area contributed by atoms with Gasteiger partial charge in [-0.25, -0.2) is 4.68 Å². The lowest BCUT2D eigenvalue weighted by Gasteiger charge is -2.43. The van der Waals surface area contributed by atoms with Crippen molar-refractivity contribution in [1.29, 1.82) is 0 Å². The predicted molar refractivity (Wildman–Crippen MR) is 77.6 cm³/mol. The van der Waals surface area contributed by atoms with Crippen molar-refractivity contribution in [3.63, 3.8) is 0 Å². The summed E-state index contributed by atoms with van der Waals surface area (Å²) in [6.45, 7) is 2.70. The van der Waals surface area contributed by atoms with Gasteiger partial charge in [-0.1, -0.05) is 18.1 Å². The molecule has 1 aromatic heterocycles. The Morgan fingerprint density at radius 1 is 1.38 bits per heavy atom. The molecular formula is C15H24N4O2. The minimum Gasteiger partial charge on any atom is -0.390 e. The number of carbonyl (C=O) groups excluding carboxylic acids is 1. The second-order valence-corrected chi connectivity index (χ2v) is 6.66. The van der Waals surface area contributed by atoms with Crippen LogP contribution in [0.15, 0.2) is 6.20 Å². The van der Waals surface area contributed by atoms with E-state index in [0.717, 1.165) is 45.1 Å². The van der Waals surface area contributed by atoms with Crippen molar-refractivity contribution in [3.05, 3.63) is 11.9 Å². The summed E-state index contributed by atoms with van der Waals surface area (Å²) in [5, 5.41) is 18.4. The number of aryl methyl sites for hydroxylation is 1. The molecular weight excluding hydrogens is 268 g/mol. The molecule has 0 radical (unpaired) electrons. The first-order valence-electron chi connectivity index (χ1n) is 7.89. The van der Waals surface area contributed by atoms with Crippen LogP contribution >= 0.6 is 0 Å². The summed E-state index contributed by atoms with van der Waals surface area (Å²) in [4.78, 5) is 14.7. The molecule has 3 rings (SSSR count). The van der Waals surface area contributed by atoms with E-state index in [0.29, 0.717) is 5.69 Å². The van der Waals surface area contributed by atoms with Crippen LogP contribution < -0.4 is 0 Å². The third kappa shape index (κ3) is 2.57. The first kappa shape index (κ1) is 14.5. The maximum absolute atomic E-state index is 12.7. The van der Waals surface area contributed by atoms with Crippen molar-refractivity contribution in [3.8, 4) is 0 Å². The molecule has 2 aliphatic rings. The van der Waals surface area contributed by atoms with E-state index in [2.05, 4.69) is 10.3 Å². The number of aromatic nitrogens is 3. The Balaban J connectivity index is 1.82. The van der Waals surface area contributed by atoms with E-state index < -0.39 is 5.60 Å². The molecule has 21 heavy (non-hydrogen) atoms. The van der Waals surface area contributed by atoms with Crippen molar-refractivity contribution >= 4 is 5.91 Å². The quantitative estimate of drug-likeness (QED) is 0.893. The minimum absolute atomic E-state index is 0.00799. The van der Waals surface area contributed by atoms with Crippen LogP contribution in [0.2, 0.25) is 0 Å². The molecule has 1 aromatic rings. The number of nitrogens with zero attached hydrogens (tertiary/aromatic N) is 4. The van der Waals surface area contributed by atoms with Gasteiger partial charge in [0.25, 0.3) is 5.91 Å². The zero-order valence-corrected chi connectivity index (χ0v) is 12.8. The van der Waals surface area contributed by atoms with Gasteiger partial charge in [0.05, 0.1) is 11.8 Å². The standard InChI is InChI=1S/C15H24N4O2/c1-15(21)8-4-3-6-11(15)12-7-5-9-19(12)14(20)13-10-16-17-18(13)2/h10-12,21H,3-9H2,1-2H3/t11-,12+,15+/m0/s1. The van der Waals surface area contributed by atoms with Crippen molar-refractivity contribution in [2.45, 2.75) is 57.1 Å². The van der Waals surface area contributed by atoms with E-state index >= 15 is 0 Å². The topological polar surface area (TPSA) is 71.2 Å². The third-order valence-electron chi connectivity index (χ3n) is 5.20. The highest BCUT2D eigenvalue weighted by Crippen LogP contribution is 2.40. The van der Waals surface area contributed by atoms with Gasteiger partial charge in [0.1, 0.15) is 5.69 Å². The van der Waals surface area contributed by atoms with Crippen molar-refractivity contribution in [2.24, 2.45) is 13.0 Å². The number of likely N-dealkylation sites (tertiary alicyclic amines) is 1. The Kier molecular flexibility index (Phi) is 3.73. The molecule has 0 unspecified atom stereocenters. The summed E-state index contributed by atoms with van der Waals surface area (Å²) < 4.78 is 1.52. The van der Waals surface area contributed by atoms with Gasteiger partial charge in [0.2, 0.25) is 0 Å². The van der Waals surface area contributed by atoms with Crippen LogP contribution in [0.3, 0.4) is 0 Å². The lowest BCUT2D eigenvalue weighted by atomic mass is 9.72. The van der Waals surface area contributed by atoms with Gasteiger partial charge in [0.15, 0.2) is 0 Å². The molecule has 6 heteroatoms. The number of hydrogen-bond donors (Lipinski definition) is 1. The average molecular weight is 292 g/mol. The maximum Gasteiger partial charge on any atom is 0.274 e. The lowest BCUT2D eigenvalue weighted by molar-refractivity contribution is -0.0578. The number of carbonyl (C=O) groups is 1. The highest BCUT2D eigenvalue weighted by molar-refractivity contribution is 5.92. The Morgan fingerprint density at radius 2 is 2.19 bits per heavy atom. The predicted octanol–water partition coefficient (Wildman–Crippen LogP) is 1.36. The fraction of sp³-hybridized carbons (Fsp3) is 0.800. The molecule has 1 amide bonds. The molecule has 2 fully saturated rings. The highest BCUT2D eigenvalue weighted by Gasteiger charge is 2.45. The SMILES string of the molecule is Cn1nncc1C(=O)N1CCC[C@@H]1[C@@H]1CCCC[C@@]1(C)O. The smallest absolute Gasteiger partial charge is 0.274 e. The Bertz CT molecular complexity index is 525. The van der Waals surface area contributed by atoms with Gasteiger partial charge < -0.3 is 10.0 Å². The lowest BCUT2D eigenvalue weighted by Crippen LogP contribution is -2.50. The van der Waals surface area contributed by atoms with E-state index in [1.54, 1.807) is 7.05 Å². The van der Waals surface area contributed by atoms with Crippen molar-refractivity contribution in [1.82, 2.24) is 19.9 Å². The molecule has 2 heterocycles. The van der Waals surface area contributed by atoms with Crippen LogP contribution in [0.5, 0.6) is 0 Å². The Morgan fingerprint density at radius 3 is 2.86 bits per heavy atom. The zero-order valence-electron chi connectivity index (χ0n) is 12.8. The molecule has 1 aliphatic heterocycles. The van der Waals surface area contributed by atoms with Gasteiger partial charge >= 0.3 is 0 Å². The Labute approximate surface area is 125 Å². The zero-order chi connectivity index (χ0) is 15.0. The summed E-state index contributed by atoms with van der Waals surface area (Å²) in [6, 6.07) is 0.141. The van der Waals surface area contributed by atoms with Crippen LogP contribution in [0.1, 0.15) is 55.9 Å². The van der Waals surface area contributed by atoms with Crippen LogP contribution in [0, 0.1) is 5.92 Å². The molecule has 6 nitrogen and oxygen atoms in total. The van der Waals surface area contributed by atoms with Gasteiger partial charge in [-0.05, 0) is 32.6 Å². The van der Waals surface area contributed by atoms with E-state index in [9.17, 15) is 9.90 Å². The molecule has 3 atom stereocenters. The van der Waals surface area contributed by atoms with Gasteiger partial charge in [-0.2, -0.15) is 0 Å². The monoisotopic (exact) mass is 292 g/mol. The number of aliphatic hydroxyl groups is 1. The fourth-order valence-electron chi connectivity index (χ4n) is 4.04. The summed E-state index contributed by atoms with van der Waals surface area (Å²) in [6.07, 6.45) is 7.58. The normalized spacial score (nSPS) is 33.4. The average Bonchev–Trinajstić information content (AvgIpc) is 3.06. The number of hydrogen-bond acceptors (Lipinski definition) is 4. The largest absolute Gasteiger partial charge is 0.390 e. The molecule has 0 bridgehead atoms. The van der Waals surface area contributed by atoms with Crippen LogP contribution in [0.25, 0.3) is 0 Å². The summed E-state index contributed by atoms with van der Waals surface area (Å²) in [5.41, 5.74) is -0.131. The first-order valence-corrected chi connectivity index (χ1v) is 7.89. The van der Waals surface area contributed by atoms with Crippen molar-refractivity contribution in [2.75, 3.05) is 6.54 Å². The van der Waals surface area contributed by atoms with E-state index in [-0.39, 0.29) is 17.9 Å².